The highest BCUT2D eigenvalue weighted by Crippen LogP contribution is 2.17. The van der Waals surface area contributed by atoms with Crippen molar-refractivity contribution in [3.05, 3.63) is 11.8 Å². The van der Waals surface area contributed by atoms with Crippen molar-refractivity contribution in [1.82, 2.24) is 9.97 Å². The van der Waals surface area contributed by atoms with Crippen LogP contribution in [0.4, 0.5) is 5.95 Å². The average molecular weight is 237 g/mol. The molecule has 0 saturated carbocycles. The Morgan fingerprint density at radius 3 is 2.76 bits per heavy atom. The topological polar surface area (TPSA) is 47.0 Å². The third-order valence-electron chi connectivity index (χ3n) is 2.47. The van der Waals surface area contributed by atoms with E-state index in [1.807, 2.05) is 6.92 Å². The second-order valence-corrected chi connectivity index (χ2v) is 4.33. The Kier molecular flexibility index (Phi) is 5.73. The molecule has 1 N–H and O–H groups in total. The molecule has 0 bridgehead atoms. The molecule has 96 valence electrons. The lowest BCUT2D eigenvalue weighted by molar-refractivity contribution is 0.200. The number of hydrogen-bond acceptors (Lipinski definition) is 4. The van der Waals surface area contributed by atoms with Gasteiger partial charge in [-0.15, -0.1) is 0 Å². The van der Waals surface area contributed by atoms with Crippen molar-refractivity contribution in [1.29, 1.82) is 0 Å². The largest absolute Gasteiger partial charge is 0.474 e. The first kappa shape index (κ1) is 13.7. The fourth-order valence-corrected chi connectivity index (χ4v) is 1.52. The molecule has 0 radical (unpaired) electrons. The molecule has 4 heteroatoms. The molecule has 17 heavy (non-hydrogen) atoms. The Hall–Kier alpha value is -1.32. The molecule has 0 aliphatic carbocycles. The molecule has 1 heterocycles. The van der Waals surface area contributed by atoms with Crippen molar-refractivity contribution in [3.63, 3.8) is 0 Å². The maximum Gasteiger partial charge on any atom is 0.225 e. The number of rotatable bonds is 7. The third-order valence-corrected chi connectivity index (χ3v) is 2.47. The molecule has 0 aliphatic heterocycles. The van der Waals surface area contributed by atoms with Crippen LogP contribution in [0.1, 0.15) is 45.6 Å². The van der Waals surface area contributed by atoms with Crippen molar-refractivity contribution >= 4 is 5.95 Å². The number of nitrogens with zero attached hydrogens (tertiary/aromatic N) is 2. The van der Waals surface area contributed by atoms with Gasteiger partial charge in [0.15, 0.2) is 0 Å². The maximum absolute atomic E-state index is 5.82. The van der Waals surface area contributed by atoms with Crippen LogP contribution in [0.2, 0.25) is 0 Å². The van der Waals surface area contributed by atoms with Gasteiger partial charge in [0, 0.05) is 18.3 Å². The summed E-state index contributed by atoms with van der Waals surface area (Å²) in [5.41, 5.74) is 0.981. The summed E-state index contributed by atoms with van der Waals surface area (Å²) in [4.78, 5) is 8.62. The molecule has 4 nitrogen and oxygen atoms in total. The number of ether oxygens (including phenoxy) is 1. The Bertz CT molecular complexity index is 341. The van der Waals surface area contributed by atoms with Gasteiger partial charge in [0.2, 0.25) is 11.8 Å². The lowest BCUT2D eigenvalue weighted by Gasteiger charge is -2.15. The van der Waals surface area contributed by atoms with Crippen molar-refractivity contribution in [3.8, 4) is 5.88 Å². The molecule has 0 fully saturated rings. The Morgan fingerprint density at radius 2 is 2.12 bits per heavy atom. The van der Waals surface area contributed by atoms with Crippen LogP contribution in [0.5, 0.6) is 5.88 Å². The third kappa shape index (κ3) is 4.59. The highest BCUT2D eigenvalue weighted by molar-refractivity contribution is 5.32. The number of aryl methyl sites for hydroxylation is 1. The number of aromatic nitrogens is 2. The Morgan fingerprint density at radius 1 is 1.35 bits per heavy atom. The van der Waals surface area contributed by atoms with Gasteiger partial charge < -0.3 is 10.1 Å². The normalized spacial score (nSPS) is 12.2. The van der Waals surface area contributed by atoms with Gasteiger partial charge in [0.05, 0.1) is 6.10 Å². The number of anilines is 1. The summed E-state index contributed by atoms with van der Waals surface area (Å²) in [6, 6.07) is 0. The van der Waals surface area contributed by atoms with E-state index in [1.54, 1.807) is 6.20 Å². The summed E-state index contributed by atoms with van der Waals surface area (Å²) >= 11 is 0. The van der Waals surface area contributed by atoms with Gasteiger partial charge in [-0.2, -0.15) is 4.98 Å². The molecule has 0 aliphatic rings. The zero-order valence-electron chi connectivity index (χ0n) is 11.3. The van der Waals surface area contributed by atoms with Gasteiger partial charge in [-0.05, 0) is 26.7 Å². The molecule has 1 aromatic heterocycles. The second kappa shape index (κ2) is 7.09. The number of hydrogen-bond donors (Lipinski definition) is 1. The summed E-state index contributed by atoms with van der Waals surface area (Å²) < 4.78 is 5.82. The highest BCUT2D eigenvalue weighted by atomic mass is 16.5. The minimum absolute atomic E-state index is 0.202. The van der Waals surface area contributed by atoms with Gasteiger partial charge in [0.25, 0.3) is 0 Å². The summed E-state index contributed by atoms with van der Waals surface area (Å²) in [5.74, 6) is 1.34. The van der Waals surface area contributed by atoms with E-state index < -0.39 is 0 Å². The first-order chi connectivity index (χ1) is 8.17. The molecule has 0 aromatic carbocycles. The van der Waals surface area contributed by atoms with Crippen molar-refractivity contribution in [2.75, 3.05) is 11.9 Å². The van der Waals surface area contributed by atoms with E-state index in [2.05, 4.69) is 36.1 Å². The van der Waals surface area contributed by atoms with Gasteiger partial charge in [0.1, 0.15) is 0 Å². The fraction of sp³-hybridized carbons (Fsp3) is 0.692. The van der Waals surface area contributed by atoms with Crippen molar-refractivity contribution < 1.29 is 4.74 Å². The lowest BCUT2D eigenvalue weighted by Crippen LogP contribution is -2.14. The second-order valence-electron chi connectivity index (χ2n) is 4.33. The van der Waals surface area contributed by atoms with E-state index in [1.165, 1.54) is 0 Å². The smallest absolute Gasteiger partial charge is 0.225 e. The van der Waals surface area contributed by atoms with Crippen LogP contribution >= 0.6 is 0 Å². The molecule has 1 unspecified atom stereocenters. The predicted octanol–water partition coefficient (Wildman–Crippen LogP) is 3.17. The zero-order valence-corrected chi connectivity index (χ0v) is 11.3. The van der Waals surface area contributed by atoms with Crippen LogP contribution < -0.4 is 10.1 Å². The first-order valence-electron chi connectivity index (χ1n) is 6.41. The van der Waals surface area contributed by atoms with E-state index in [4.69, 9.17) is 4.74 Å². The summed E-state index contributed by atoms with van der Waals surface area (Å²) in [7, 11) is 0. The minimum Gasteiger partial charge on any atom is -0.474 e. The van der Waals surface area contributed by atoms with E-state index in [9.17, 15) is 0 Å². The van der Waals surface area contributed by atoms with Crippen LogP contribution in [-0.4, -0.2) is 22.6 Å². The van der Waals surface area contributed by atoms with Crippen LogP contribution in [-0.2, 0) is 0 Å². The van der Waals surface area contributed by atoms with Crippen LogP contribution in [0.15, 0.2) is 6.20 Å². The van der Waals surface area contributed by atoms with Gasteiger partial charge in [-0.25, -0.2) is 4.98 Å². The first-order valence-corrected chi connectivity index (χ1v) is 6.41. The monoisotopic (exact) mass is 237 g/mol. The zero-order chi connectivity index (χ0) is 12.7. The van der Waals surface area contributed by atoms with Crippen LogP contribution in [0.3, 0.4) is 0 Å². The predicted molar refractivity (Wildman–Crippen MR) is 70.5 cm³/mol. The standard InChI is InChI=1S/C13H23N3O/c1-5-7-11(4)17-12-10(3)9-15-13(16-12)14-8-6-2/h9,11H,5-8H2,1-4H3,(H,14,15,16). The maximum atomic E-state index is 5.82. The fourth-order valence-electron chi connectivity index (χ4n) is 1.52. The van der Waals surface area contributed by atoms with Crippen LogP contribution in [0.25, 0.3) is 0 Å². The summed E-state index contributed by atoms with van der Waals surface area (Å²) in [5, 5.41) is 3.16. The molecular weight excluding hydrogens is 214 g/mol. The van der Waals surface area contributed by atoms with E-state index in [0.29, 0.717) is 11.8 Å². The molecule has 1 rings (SSSR count). The summed E-state index contributed by atoms with van der Waals surface area (Å²) in [6.07, 6.45) is 5.22. The average Bonchev–Trinajstić information content (AvgIpc) is 2.30. The van der Waals surface area contributed by atoms with Gasteiger partial charge >= 0.3 is 0 Å². The van der Waals surface area contributed by atoms with Crippen molar-refractivity contribution in [2.45, 2.75) is 53.1 Å². The molecule has 0 amide bonds. The van der Waals surface area contributed by atoms with Gasteiger partial charge in [-0.1, -0.05) is 20.3 Å². The van der Waals surface area contributed by atoms with Gasteiger partial charge in [-0.3, -0.25) is 0 Å². The molecular formula is C13H23N3O. The minimum atomic E-state index is 0.202. The van der Waals surface area contributed by atoms with E-state index >= 15 is 0 Å². The Balaban J connectivity index is 2.68. The Labute approximate surface area is 104 Å². The molecule has 1 aromatic rings. The van der Waals surface area contributed by atoms with E-state index in [0.717, 1.165) is 31.4 Å². The molecule has 1 atom stereocenters. The summed E-state index contributed by atoms with van der Waals surface area (Å²) in [6.45, 7) is 9.19. The highest BCUT2D eigenvalue weighted by Gasteiger charge is 2.08. The van der Waals surface area contributed by atoms with E-state index in [-0.39, 0.29) is 6.10 Å². The lowest BCUT2D eigenvalue weighted by atomic mass is 10.2. The van der Waals surface area contributed by atoms with Crippen molar-refractivity contribution in [2.24, 2.45) is 0 Å². The number of nitrogens with one attached hydrogen (secondary N) is 1. The molecule has 0 saturated heterocycles. The van der Waals surface area contributed by atoms with Crippen LogP contribution in [0, 0.1) is 6.92 Å². The SMILES string of the molecule is CCCNc1ncc(C)c(OC(C)CCC)n1. The quantitative estimate of drug-likeness (QED) is 0.791. The molecule has 0 spiro atoms.